The van der Waals surface area contributed by atoms with Gasteiger partial charge in [0.05, 0.1) is 16.3 Å². The van der Waals surface area contributed by atoms with Crippen molar-refractivity contribution >= 4 is 58.0 Å². The summed E-state index contributed by atoms with van der Waals surface area (Å²) in [5, 5.41) is 16.8. The van der Waals surface area contributed by atoms with E-state index < -0.39 is 10.8 Å². The number of carbonyl (C=O) groups excluding carboxylic acids is 1. The summed E-state index contributed by atoms with van der Waals surface area (Å²) in [5.74, 6) is -0.446. The van der Waals surface area contributed by atoms with E-state index >= 15 is 0 Å². The third-order valence-corrected chi connectivity index (χ3v) is 4.95. The van der Waals surface area contributed by atoms with Gasteiger partial charge in [-0.05, 0) is 54.9 Å². The first-order valence-corrected chi connectivity index (χ1v) is 9.80. The zero-order valence-corrected chi connectivity index (χ0v) is 17.0. The molecule has 7 nitrogen and oxygen atoms in total. The number of carbonyl (C=O) groups is 1. The van der Waals surface area contributed by atoms with Gasteiger partial charge in [0.1, 0.15) is 5.02 Å². The second-order valence-electron chi connectivity index (χ2n) is 6.46. The highest BCUT2D eigenvalue weighted by molar-refractivity contribution is 7.80. The van der Waals surface area contributed by atoms with E-state index in [2.05, 4.69) is 15.5 Å². The van der Waals surface area contributed by atoms with Gasteiger partial charge in [0.25, 0.3) is 5.69 Å². The van der Waals surface area contributed by atoms with Crippen LogP contribution in [0, 0.1) is 10.1 Å². The molecule has 29 heavy (non-hydrogen) atoms. The second kappa shape index (κ2) is 9.49. The molecule has 0 radical (unpaired) electrons. The molecule has 1 amide bonds. The molecule has 0 spiro atoms. The highest BCUT2D eigenvalue weighted by atomic mass is 35.5. The SMILES string of the molecule is O=C(/C=C/c1ccc(Cl)c([N+](=O)[O-])c1)NC(=S)Nc1ccccc1N1CCCC1. The molecule has 1 heterocycles. The molecule has 1 saturated heterocycles. The lowest BCUT2D eigenvalue weighted by atomic mass is 10.2. The number of nitro benzene ring substituents is 1. The standard InChI is InChI=1S/C20H19ClN4O3S/c21-15-9-7-14(13-18(15)25(27)28)8-10-19(26)23-20(29)22-16-5-1-2-6-17(16)24-11-3-4-12-24/h1-2,5-10,13H,3-4,11-12H2,(H2,22,23,26,29)/b10-8+. The summed E-state index contributed by atoms with van der Waals surface area (Å²) in [6, 6.07) is 12.1. The lowest BCUT2D eigenvalue weighted by Crippen LogP contribution is -2.33. The van der Waals surface area contributed by atoms with Crippen LogP contribution in [0.3, 0.4) is 0 Å². The first-order chi connectivity index (χ1) is 13.9. The average molecular weight is 431 g/mol. The quantitative estimate of drug-likeness (QED) is 0.317. The van der Waals surface area contributed by atoms with Crippen LogP contribution in [0.5, 0.6) is 0 Å². The number of thiocarbonyl (C=S) groups is 1. The van der Waals surface area contributed by atoms with Crippen molar-refractivity contribution in [1.82, 2.24) is 5.32 Å². The van der Waals surface area contributed by atoms with Crippen molar-refractivity contribution in [1.29, 1.82) is 0 Å². The molecule has 0 atom stereocenters. The van der Waals surface area contributed by atoms with E-state index in [9.17, 15) is 14.9 Å². The van der Waals surface area contributed by atoms with E-state index in [1.165, 1.54) is 24.3 Å². The Morgan fingerprint density at radius 1 is 1.21 bits per heavy atom. The van der Waals surface area contributed by atoms with Crippen molar-refractivity contribution in [2.75, 3.05) is 23.3 Å². The van der Waals surface area contributed by atoms with E-state index in [0.29, 0.717) is 5.56 Å². The molecular formula is C20H19ClN4O3S. The third-order valence-electron chi connectivity index (χ3n) is 4.43. The van der Waals surface area contributed by atoms with Crippen molar-refractivity contribution in [2.45, 2.75) is 12.8 Å². The molecule has 150 valence electrons. The topological polar surface area (TPSA) is 87.5 Å². The average Bonchev–Trinajstić information content (AvgIpc) is 3.22. The van der Waals surface area contributed by atoms with E-state index in [1.54, 1.807) is 6.07 Å². The van der Waals surface area contributed by atoms with Crippen LogP contribution in [-0.4, -0.2) is 29.0 Å². The Kier molecular flexibility index (Phi) is 6.79. The van der Waals surface area contributed by atoms with Crippen LogP contribution in [0.2, 0.25) is 5.02 Å². The molecule has 2 aromatic carbocycles. The molecule has 1 aliphatic heterocycles. The first-order valence-electron chi connectivity index (χ1n) is 9.02. The molecule has 0 unspecified atom stereocenters. The highest BCUT2D eigenvalue weighted by Crippen LogP contribution is 2.28. The molecule has 3 rings (SSSR count). The predicted molar refractivity (Wildman–Crippen MR) is 119 cm³/mol. The zero-order valence-electron chi connectivity index (χ0n) is 15.4. The lowest BCUT2D eigenvalue weighted by molar-refractivity contribution is -0.384. The van der Waals surface area contributed by atoms with Crippen molar-refractivity contribution in [3.63, 3.8) is 0 Å². The van der Waals surface area contributed by atoms with Crippen molar-refractivity contribution in [2.24, 2.45) is 0 Å². The number of amides is 1. The maximum Gasteiger partial charge on any atom is 0.288 e. The van der Waals surface area contributed by atoms with Crippen molar-refractivity contribution in [3.8, 4) is 0 Å². The maximum atomic E-state index is 12.1. The largest absolute Gasteiger partial charge is 0.370 e. The van der Waals surface area contributed by atoms with Crippen molar-refractivity contribution < 1.29 is 9.72 Å². The fourth-order valence-corrected chi connectivity index (χ4v) is 3.46. The molecule has 9 heteroatoms. The Morgan fingerprint density at radius 2 is 1.93 bits per heavy atom. The smallest absolute Gasteiger partial charge is 0.288 e. The highest BCUT2D eigenvalue weighted by Gasteiger charge is 2.16. The summed E-state index contributed by atoms with van der Waals surface area (Å²) < 4.78 is 0. The number of hydrogen-bond donors (Lipinski definition) is 2. The molecule has 0 bridgehead atoms. The Balaban J connectivity index is 1.62. The molecule has 0 saturated carbocycles. The number of nitrogens with zero attached hydrogens (tertiary/aromatic N) is 2. The minimum atomic E-state index is -0.573. The summed E-state index contributed by atoms with van der Waals surface area (Å²) in [6.07, 6.45) is 5.03. The predicted octanol–water partition coefficient (Wildman–Crippen LogP) is 4.37. The van der Waals surface area contributed by atoms with Crippen LogP contribution in [0.4, 0.5) is 17.1 Å². The molecule has 0 aromatic heterocycles. The number of anilines is 2. The molecule has 1 aliphatic rings. The zero-order chi connectivity index (χ0) is 20.8. The fraction of sp³-hybridized carbons (Fsp3) is 0.200. The van der Waals surface area contributed by atoms with Crippen LogP contribution in [-0.2, 0) is 4.79 Å². The van der Waals surface area contributed by atoms with Gasteiger partial charge >= 0.3 is 0 Å². The summed E-state index contributed by atoms with van der Waals surface area (Å²) in [4.78, 5) is 24.8. The number of benzene rings is 2. The number of para-hydroxylation sites is 2. The monoisotopic (exact) mass is 430 g/mol. The molecule has 0 aliphatic carbocycles. The van der Waals surface area contributed by atoms with Crippen LogP contribution < -0.4 is 15.5 Å². The van der Waals surface area contributed by atoms with Gasteiger partial charge < -0.3 is 10.2 Å². The van der Waals surface area contributed by atoms with Crippen LogP contribution in [0.25, 0.3) is 6.08 Å². The summed E-state index contributed by atoms with van der Waals surface area (Å²) in [6.45, 7) is 1.99. The number of hydrogen-bond acceptors (Lipinski definition) is 5. The molecule has 1 fully saturated rings. The van der Waals surface area contributed by atoms with E-state index in [1.807, 2.05) is 24.3 Å². The van der Waals surface area contributed by atoms with E-state index in [-0.39, 0.29) is 15.8 Å². The minimum absolute atomic E-state index is 0.0404. The first kappa shape index (κ1) is 20.8. The van der Waals surface area contributed by atoms with Crippen LogP contribution in [0.1, 0.15) is 18.4 Å². The molecule has 2 N–H and O–H groups in total. The van der Waals surface area contributed by atoms with Gasteiger partial charge in [-0.3, -0.25) is 20.2 Å². The van der Waals surface area contributed by atoms with Gasteiger partial charge in [0.2, 0.25) is 5.91 Å². The van der Waals surface area contributed by atoms with Gasteiger partial charge in [0, 0.05) is 25.2 Å². The third kappa shape index (κ3) is 5.52. The maximum absolute atomic E-state index is 12.1. The summed E-state index contributed by atoms with van der Waals surface area (Å²) in [5.41, 5.74) is 2.14. The fourth-order valence-electron chi connectivity index (χ4n) is 3.07. The Morgan fingerprint density at radius 3 is 2.66 bits per heavy atom. The Bertz CT molecular complexity index is 974. The van der Waals surface area contributed by atoms with Gasteiger partial charge in [-0.15, -0.1) is 0 Å². The second-order valence-corrected chi connectivity index (χ2v) is 7.27. The van der Waals surface area contributed by atoms with Crippen LogP contribution >= 0.6 is 23.8 Å². The Labute approximate surface area is 178 Å². The van der Waals surface area contributed by atoms with E-state index in [4.69, 9.17) is 23.8 Å². The van der Waals surface area contributed by atoms with Gasteiger partial charge in [-0.25, -0.2) is 0 Å². The Hall–Kier alpha value is -2.97. The summed E-state index contributed by atoms with van der Waals surface area (Å²) >= 11 is 11.0. The molecular weight excluding hydrogens is 412 g/mol. The molecule has 2 aromatic rings. The minimum Gasteiger partial charge on any atom is -0.370 e. The van der Waals surface area contributed by atoms with Gasteiger partial charge in [-0.1, -0.05) is 29.8 Å². The van der Waals surface area contributed by atoms with Crippen molar-refractivity contribution in [3.05, 3.63) is 69.2 Å². The normalized spacial score (nSPS) is 13.5. The number of nitro groups is 1. The summed E-state index contributed by atoms with van der Waals surface area (Å²) in [7, 11) is 0. The van der Waals surface area contributed by atoms with Gasteiger partial charge in [0.15, 0.2) is 5.11 Å². The number of nitrogens with one attached hydrogen (secondary N) is 2. The van der Waals surface area contributed by atoms with E-state index in [0.717, 1.165) is 37.3 Å². The number of halogens is 1. The lowest BCUT2D eigenvalue weighted by Gasteiger charge is -2.22. The number of rotatable bonds is 5. The van der Waals surface area contributed by atoms with Gasteiger partial charge in [-0.2, -0.15) is 0 Å². The van der Waals surface area contributed by atoms with Crippen LogP contribution in [0.15, 0.2) is 48.5 Å².